The summed E-state index contributed by atoms with van der Waals surface area (Å²) in [6.45, 7) is 3.99. The van der Waals surface area contributed by atoms with Gasteiger partial charge in [-0.25, -0.2) is 10.4 Å². The summed E-state index contributed by atoms with van der Waals surface area (Å²) in [6.07, 6.45) is 1.00. The number of hydrogen-bond donors (Lipinski definition) is 1. The minimum Gasteiger partial charge on any atom is -0.431 e. The Kier molecular flexibility index (Phi) is 5.50. The van der Waals surface area contributed by atoms with Crippen LogP contribution in [0.5, 0.6) is 0 Å². The third-order valence-electron chi connectivity index (χ3n) is 3.73. The first-order valence-electron chi connectivity index (χ1n) is 8.06. The molecule has 0 fully saturated rings. The van der Waals surface area contributed by atoms with Crippen molar-refractivity contribution in [2.75, 3.05) is 5.75 Å². The van der Waals surface area contributed by atoms with Gasteiger partial charge in [0, 0.05) is 0 Å². The molecule has 1 N–H and O–H groups in total. The number of nitrogens with zero attached hydrogens (tertiary/aromatic N) is 2. The lowest BCUT2D eigenvalue weighted by Crippen LogP contribution is -2.21. The molecular formula is C19H19N3O2S. The number of rotatable bonds is 6. The summed E-state index contributed by atoms with van der Waals surface area (Å²) in [5.74, 6) is -0.00459. The van der Waals surface area contributed by atoms with Crippen molar-refractivity contribution >= 4 is 34.5 Å². The first-order chi connectivity index (χ1) is 12.2. The van der Waals surface area contributed by atoms with Crippen molar-refractivity contribution in [1.82, 2.24) is 10.4 Å². The van der Waals surface area contributed by atoms with Gasteiger partial charge in [-0.3, -0.25) is 4.79 Å². The van der Waals surface area contributed by atoms with E-state index in [9.17, 15) is 4.79 Å². The standard InChI is InChI=1S/C19H19N3O2S/c1-3-14-8-10-15(11-9-14)13(2)21-22-18(23)12-25-19-20-16-6-4-5-7-17(16)24-19/h4-11H,3,12H2,1-2H3,(H,22,23)/b21-13-. The number of aromatic nitrogens is 1. The zero-order chi connectivity index (χ0) is 17.6. The predicted octanol–water partition coefficient (Wildman–Crippen LogP) is 4.02. The Bertz CT molecular complexity index is 867. The number of benzene rings is 2. The van der Waals surface area contributed by atoms with E-state index >= 15 is 0 Å². The largest absolute Gasteiger partial charge is 0.431 e. The maximum absolute atomic E-state index is 12.0. The smallest absolute Gasteiger partial charge is 0.257 e. The minimum atomic E-state index is -0.197. The maximum Gasteiger partial charge on any atom is 0.257 e. The molecule has 1 amide bonds. The van der Waals surface area contributed by atoms with E-state index < -0.39 is 0 Å². The Morgan fingerprint density at radius 2 is 1.96 bits per heavy atom. The second-order valence-electron chi connectivity index (χ2n) is 5.52. The summed E-state index contributed by atoms with van der Waals surface area (Å²) in [5.41, 5.74) is 7.11. The Hall–Kier alpha value is -2.60. The first-order valence-corrected chi connectivity index (χ1v) is 9.05. The molecule has 0 aliphatic carbocycles. The highest BCUT2D eigenvalue weighted by molar-refractivity contribution is 7.99. The van der Waals surface area contributed by atoms with Gasteiger partial charge < -0.3 is 4.42 Å². The number of hydrogen-bond acceptors (Lipinski definition) is 5. The monoisotopic (exact) mass is 353 g/mol. The molecule has 0 spiro atoms. The fourth-order valence-electron chi connectivity index (χ4n) is 2.26. The van der Waals surface area contributed by atoms with Crippen molar-refractivity contribution in [3.05, 3.63) is 59.7 Å². The van der Waals surface area contributed by atoms with E-state index in [1.54, 1.807) is 0 Å². The minimum absolute atomic E-state index is 0.193. The van der Waals surface area contributed by atoms with Crippen LogP contribution in [0.3, 0.4) is 0 Å². The average Bonchev–Trinajstić information content (AvgIpc) is 3.07. The number of nitrogens with one attached hydrogen (secondary N) is 1. The number of thioether (sulfide) groups is 1. The van der Waals surface area contributed by atoms with Crippen molar-refractivity contribution in [2.45, 2.75) is 25.5 Å². The molecule has 0 unspecified atom stereocenters. The molecule has 25 heavy (non-hydrogen) atoms. The molecule has 2 aromatic carbocycles. The van der Waals surface area contributed by atoms with E-state index in [4.69, 9.17) is 4.42 Å². The van der Waals surface area contributed by atoms with Gasteiger partial charge in [0.15, 0.2) is 5.58 Å². The van der Waals surface area contributed by atoms with Gasteiger partial charge in [0.1, 0.15) is 5.52 Å². The van der Waals surface area contributed by atoms with Crippen molar-refractivity contribution in [1.29, 1.82) is 0 Å². The van der Waals surface area contributed by atoms with Crippen LogP contribution in [0, 0.1) is 0 Å². The highest BCUT2D eigenvalue weighted by Crippen LogP contribution is 2.22. The molecule has 6 heteroatoms. The van der Waals surface area contributed by atoms with E-state index in [0.29, 0.717) is 5.22 Å². The highest BCUT2D eigenvalue weighted by Gasteiger charge is 2.09. The van der Waals surface area contributed by atoms with E-state index in [2.05, 4.69) is 34.6 Å². The molecule has 3 aromatic rings. The molecule has 0 radical (unpaired) electrons. The summed E-state index contributed by atoms with van der Waals surface area (Å²) in [7, 11) is 0. The molecule has 1 aromatic heterocycles. The topological polar surface area (TPSA) is 67.5 Å². The maximum atomic E-state index is 12.0. The number of hydrazone groups is 1. The summed E-state index contributed by atoms with van der Waals surface area (Å²) in [4.78, 5) is 16.3. The predicted molar refractivity (Wildman–Crippen MR) is 101 cm³/mol. The number of carbonyl (C=O) groups excluding carboxylic acids is 1. The average molecular weight is 353 g/mol. The normalized spacial score (nSPS) is 11.7. The van der Waals surface area contributed by atoms with Crippen molar-refractivity contribution in [3.63, 3.8) is 0 Å². The summed E-state index contributed by atoms with van der Waals surface area (Å²) >= 11 is 1.25. The molecule has 0 aliphatic heterocycles. The Morgan fingerprint density at radius 3 is 2.68 bits per heavy atom. The van der Waals surface area contributed by atoms with Crippen LogP contribution in [0.4, 0.5) is 0 Å². The SMILES string of the molecule is CCc1ccc(/C(C)=N\NC(=O)CSc2nc3ccccc3o2)cc1. The molecule has 0 bridgehead atoms. The fourth-order valence-corrected chi connectivity index (χ4v) is 2.90. The van der Waals surface area contributed by atoms with Gasteiger partial charge in [-0.05, 0) is 36.6 Å². The van der Waals surface area contributed by atoms with Crippen LogP contribution in [-0.4, -0.2) is 22.4 Å². The van der Waals surface area contributed by atoms with Crippen LogP contribution in [0.2, 0.25) is 0 Å². The molecule has 1 heterocycles. The Labute approximate surface area is 150 Å². The Balaban J connectivity index is 1.54. The molecule has 0 atom stereocenters. The third-order valence-corrected chi connectivity index (χ3v) is 4.56. The quantitative estimate of drug-likeness (QED) is 0.413. The van der Waals surface area contributed by atoms with Gasteiger partial charge in [0.2, 0.25) is 0 Å². The molecule has 5 nitrogen and oxygen atoms in total. The molecule has 0 aliphatic rings. The molecule has 3 rings (SSSR count). The number of amides is 1. The summed E-state index contributed by atoms with van der Waals surface area (Å²) in [5, 5.41) is 4.64. The number of carbonyl (C=O) groups is 1. The van der Waals surface area contributed by atoms with Crippen molar-refractivity contribution < 1.29 is 9.21 Å². The van der Waals surface area contributed by atoms with Gasteiger partial charge in [-0.1, -0.05) is 55.1 Å². The van der Waals surface area contributed by atoms with Crippen LogP contribution in [0.25, 0.3) is 11.1 Å². The van der Waals surface area contributed by atoms with Crippen molar-refractivity contribution in [2.24, 2.45) is 5.10 Å². The number of aryl methyl sites for hydroxylation is 1. The van der Waals surface area contributed by atoms with Gasteiger partial charge >= 0.3 is 0 Å². The lowest BCUT2D eigenvalue weighted by Gasteiger charge is -2.03. The zero-order valence-electron chi connectivity index (χ0n) is 14.2. The van der Waals surface area contributed by atoms with Gasteiger partial charge in [-0.15, -0.1) is 0 Å². The highest BCUT2D eigenvalue weighted by atomic mass is 32.2. The van der Waals surface area contributed by atoms with Gasteiger partial charge in [0.25, 0.3) is 11.1 Å². The van der Waals surface area contributed by atoms with Crippen LogP contribution >= 0.6 is 11.8 Å². The van der Waals surface area contributed by atoms with Crippen LogP contribution in [-0.2, 0) is 11.2 Å². The lowest BCUT2D eigenvalue weighted by atomic mass is 10.1. The van der Waals surface area contributed by atoms with E-state index in [1.807, 2.05) is 43.3 Å². The first kappa shape index (κ1) is 17.2. The second kappa shape index (κ2) is 7.98. The zero-order valence-corrected chi connectivity index (χ0v) is 15.0. The number of para-hydroxylation sites is 2. The van der Waals surface area contributed by atoms with Gasteiger partial charge in [0.05, 0.1) is 11.5 Å². The van der Waals surface area contributed by atoms with Crippen LogP contribution in [0.1, 0.15) is 25.0 Å². The van der Waals surface area contributed by atoms with E-state index in [1.165, 1.54) is 17.3 Å². The molecule has 0 saturated heterocycles. The fraction of sp³-hybridized carbons (Fsp3) is 0.211. The van der Waals surface area contributed by atoms with Crippen LogP contribution in [0.15, 0.2) is 63.3 Å². The molecule has 128 valence electrons. The van der Waals surface area contributed by atoms with E-state index in [0.717, 1.165) is 28.8 Å². The van der Waals surface area contributed by atoms with Gasteiger partial charge in [-0.2, -0.15) is 5.10 Å². The number of fused-ring (bicyclic) bond motifs is 1. The summed E-state index contributed by atoms with van der Waals surface area (Å²) < 4.78 is 5.57. The molecular weight excluding hydrogens is 334 g/mol. The van der Waals surface area contributed by atoms with Crippen LogP contribution < -0.4 is 5.43 Å². The number of oxazole rings is 1. The Morgan fingerprint density at radius 1 is 1.20 bits per heavy atom. The van der Waals surface area contributed by atoms with E-state index in [-0.39, 0.29) is 11.7 Å². The van der Waals surface area contributed by atoms with Crippen molar-refractivity contribution in [3.8, 4) is 0 Å². The summed E-state index contributed by atoms with van der Waals surface area (Å²) in [6, 6.07) is 15.7. The molecule has 0 saturated carbocycles. The third kappa shape index (κ3) is 4.48. The lowest BCUT2D eigenvalue weighted by molar-refractivity contribution is -0.118. The second-order valence-corrected chi connectivity index (χ2v) is 6.45.